The van der Waals surface area contributed by atoms with Gasteiger partial charge in [0.2, 0.25) is 5.95 Å². The molecule has 1 aromatic heterocycles. The number of benzene rings is 1. The number of anilines is 1. The molecule has 2 aliphatic rings. The van der Waals surface area contributed by atoms with Crippen molar-refractivity contribution in [2.24, 2.45) is 0 Å². The summed E-state index contributed by atoms with van der Waals surface area (Å²) in [5, 5.41) is 22.3. The van der Waals surface area contributed by atoms with E-state index >= 15 is 0 Å². The lowest BCUT2D eigenvalue weighted by Gasteiger charge is -2.40. The number of phenols is 1. The number of aryl methyl sites for hydroxylation is 1. The van der Waals surface area contributed by atoms with Crippen LogP contribution >= 0.6 is 0 Å². The van der Waals surface area contributed by atoms with Crippen LogP contribution in [0, 0.1) is 19.3 Å². The zero-order valence-corrected chi connectivity index (χ0v) is 16.8. The average molecular weight is 393 g/mol. The minimum absolute atomic E-state index is 0.0831. The molecule has 0 amide bonds. The first kappa shape index (κ1) is 19.6. The van der Waals surface area contributed by atoms with Crippen LogP contribution < -0.4 is 5.32 Å². The van der Waals surface area contributed by atoms with Gasteiger partial charge < -0.3 is 15.2 Å². The van der Waals surface area contributed by atoms with E-state index < -0.39 is 0 Å². The SMILES string of the molecule is C#Cc1ccc(-c2nnc(NC3CCCN(C4CCOCC4)C3)nc2C)c(O)c1. The van der Waals surface area contributed by atoms with Gasteiger partial charge in [-0.15, -0.1) is 16.6 Å². The zero-order chi connectivity index (χ0) is 20.2. The standard InChI is InChI=1S/C22H27N5O2/c1-3-16-6-7-19(20(28)13-16)21-15(2)23-22(26-25-21)24-17-5-4-10-27(14-17)18-8-11-29-12-9-18/h1,6-7,13,17-18,28H,4-5,8-12,14H2,2H3,(H,23,24,26). The van der Waals surface area contributed by atoms with Gasteiger partial charge in [-0.1, -0.05) is 5.92 Å². The molecule has 0 bridgehead atoms. The maximum absolute atomic E-state index is 10.3. The lowest BCUT2D eigenvalue weighted by atomic mass is 10.00. The number of hydrogen-bond acceptors (Lipinski definition) is 7. The van der Waals surface area contributed by atoms with Crippen molar-refractivity contribution in [3.05, 3.63) is 29.5 Å². The molecule has 0 radical (unpaired) electrons. The molecule has 4 rings (SSSR count). The van der Waals surface area contributed by atoms with Gasteiger partial charge in [-0.2, -0.15) is 0 Å². The van der Waals surface area contributed by atoms with E-state index in [0.717, 1.165) is 52.0 Å². The molecule has 7 heteroatoms. The maximum Gasteiger partial charge on any atom is 0.243 e. The Kier molecular flexibility index (Phi) is 5.93. The van der Waals surface area contributed by atoms with Crippen LogP contribution in [-0.4, -0.2) is 63.6 Å². The Morgan fingerprint density at radius 1 is 1.24 bits per heavy atom. The van der Waals surface area contributed by atoms with Gasteiger partial charge in [0, 0.05) is 43.0 Å². The molecule has 1 atom stereocenters. The summed E-state index contributed by atoms with van der Waals surface area (Å²) in [5.41, 5.74) is 2.47. The summed E-state index contributed by atoms with van der Waals surface area (Å²) >= 11 is 0. The van der Waals surface area contributed by atoms with Gasteiger partial charge in [0.15, 0.2) is 0 Å². The number of nitrogens with zero attached hydrogens (tertiary/aromatic N) is 4. The molecular formula is C22H27N5O2. The Morgan fingerprint density at radius 2 is 2.07 bits per heavy atom. The summed E-state index contributed by atoms with van der Waals surface area (Å²) in [4.78, 5) is 7.16. The molecule has 1 aromatic carbocycles. The number of phenolic OH excluding ortho intramolecular Hbond substituents is 1. The first-order valence-corrected chi connectivity index (χ1v) is 10.2. The van der Waals surface area contributed by atoms with Crippen LogP contribution in [0.5, 0.6) is 5.75 Å². The van der Waals surface area contributed by atoms with Crippen molar-refractivity contribution < 1.29 is 9.84 Å². The fourth-order valence-corrected chi connectivity index (χ4v) is 4.22. The quantitative estimate of drug-likeness (QED) is 0.773. The second-order valence-corrected chi connectivity index (χ2v) is 7.77. The maximum atomic E-state index is 10.3. The highest BCUT2D eigenvalue weighted by Crippen LogP contribution is 2.30. The molecule has 7 nitrogen and oxygen atoms in total. The van der Waals surface area contributed by atoms with Crippen molar-refractivity contribution in [2.75, 3.05) is 31.6 Å². The number of likely N-dealkylation sites (tertiary alicyclic amines) is 1. The second kappa shape index (κ2) is 8.76. The third kappa shape index (κ3) is 4.50. The Balaban J connectivity index is 1.45. The molecule has 29 heavy (non-hydrogen) atoms. The molecule has 0 aliphatic carbocycles. The van der Waals surface area contributed by atoms with E-state index in [1.807, 2.05) is 6.92 Å². The monoisotopic (exact) mass is 393 g/mol. The van der Waals surface area contributed by atoms with E-state index in [1.165, 1.54) is 0 Å². The van der Waals surface area contributed by atoms with E-state index in [0.29, 0.717) is 40.5 Å². The third-order valence-electron chi connectivity index (χ3n) is 5.77. The first-order chi connectivity index (χ1) is 14.1. The normalized spacial score (nSPS) is 20.9. The van der Waals surface area contributed by atoms with Gasteiger partial charge in [-0.05, 0) is 57.4 Å². The van der Waals surface area contributed by atoms with Crippen molar-refractivity contribution in [2.45, 2.75) is 44.7 Å². The molecular weight excluding hydrogens is 366 g/mol. The highest BCUT2D eigenvalue weighted by Gasteiger charge is 2.27. The van der Waals surface area contributed by atoms with Crippen molar-refractivity contribution in [1.29, 1.82) is 0 Å². The van der Waals surface area contributed by atoms with Crippen LogP contribution in [0.1, 0.15) is 36.9 Å². The van der Waals surface area contributed by atoms with E-state index in [9.17, 15) is 5.11 Å². The summed E-state index contributed by atoms with van der Waals surface area (Å²) in [6.07, 6.45) is 9.86. The van der Waals surface area contributed by atoms with E-state index in [-0.39, 0.29) is 5.75 Å². The molecule has 0 spiro atoms. The fraction of sp³-hybridized carbons (Fsp3) is 0.500. The lowest BCUT2D eigenvalue weighted by Crippen LogP contribution is -2.49. The number of piperidine rings is 1. The topological polar surface area (TPSA) is 83.4 Å². The molecule has 2 N–H and O–H groups in total. The van der Waals surface area contributed by atoms with Gasteiger partial charge in [0.05, 0.1) is 5.69 Å². The Hall–Kier alpha value is -2.69. The molecule has 2 aliphatic heterocycles. The van der Waals surface area contributed by atoms with Crippen molar-refractivity contribution in [3.8, 4) is 29.4 Å². The molecule has 2 aromatic rings. The predicted molar refractivity (Wildman–Crippen MR) is 112 cm³/mol. The Bertz CT molecular complexity index is 905. The highest BCUT2D eigenvalue weighted by atomic mass is 16.5. The van der Waals surface area contributed by atoms with Gasteiger partial charge in [0.25, 0.3) is 0 Å². The van der Waals surface area contributed by atoms with Crippen LogP contribution in [0.2, 0.25) is 0 Å². The average Bonchev–Trinajstić information content (AvgIpc) is 2.75. The molecule has 2 fully saturated rings. The summed E-state index contributed by atoms with van der Waals surface area (Å²) < 4.78 is 5.50. The minimum Gasteiger partial charge on any atom is -0.507 e. The molecule has 2 saturated heterocycles. The van der Waals surface area contributed by atoms with Gasteiger partial charge >= 0.3 is 0 Å². The van der Waals surface area contributed by atoms with Crippen LogP contribution in [-0.2, 0) is 4.74 Å². The van der Waals surface area contributed by atoms with E-state index in [4.69, 9.17) is 11.2 Å². The predicted octanol–water partition coefficient (Wildman–Crippen LogP) is 2.59. The van der Waals surface area contributed by atoms with Crippen molar-refractivity contribution in [3.63, 3.8) is 0 Å². The first-order valence-electron chi connectivity index (χ1n) is 10.2. The lowest BCUT2D eigenvalue weighted by molar-refractivity contribution is 0.0255. The Morgan fingerprint density at radius 3 is 2.79 bits per heavy atom. The fourth-order valence-electron chi connectivity index (χ4n) is 4.22. The van der Waals surface area contributed by atoms with Crippen LogP contribution in [0.15, 0.2) is 18.2 Å². The van der Waals surface area contributed by atoms with Gasteiger partial charge in [0.1, 0.15) is 11.4 Å². The smallest absolute Gasteiger partial charge is 0.243 e. The van der Waals surface area contributed by atoms with Crippen LogP contribution in [0.4, 0.5) is 5.95 Å². The summed E-state index contributed by atoms with van der Waals surface area (Å²) in [7, 11) is 0. The molecule has 152 valence electrons. The number of ether oxygens (including phenoxy) is 1. The number of nitrogens with one attached hydrogen (secondary N) is 1. The van der Waals surface area contributed by atoms with Crippen LogP contribution in [0.25, 0.3) is 11.3 Å². The number of aromatic nitrogens is 3. The Labute approximate surface area is 171 Å². The van der Waals surface area contributed by atoms with E-state index in [2.05, 4.69) is 31.3 Å². The second-order valence-electron chi connectivity index (χ2n) is 7.77. The van der Waals surface area contributed by atoms with Crippen molar-refractivity contribution in [1.82, 2.24) is 20.1 Å². The third-order valence-corrected chi connectivity index (χ3v) is 5.77. The van der Waals surface area contributed by atoms with Crippen molar-refractivity contribution >= 4 is 5.95 Å². The minimum atomic E-state index is 0.0831. The number of aromatic hydroxyl groups is 1. The zero-order valence-electron chi connectivity index (χ0n) is 16.8. The summed E-state index contributed by atoms with van der Waals surface area (Å²) in [6.45, 7) is 5.74. The number of hydrogen-bond donors (Lipinski definition) is 2. The number of rotatable bonds is 4. The number of terminal acetylenes is 1. The summed E-state index contributed by atoms with van der Waals surface area (Å²) in [6, 6.07) is 6.00. The largest absolute Gasteiger partial charge is 0.507 e. The highest BCUT2D eigenvalue weighted by molar-refractivity contribution is 5.69. The molecule has 0 saturated carbocycles. The summed E-state index contributed by atoms with van der Waals surface area (Å²) in [5.74, 6) is 3.13. The van der Waals surface area contributed by atoms with Gasteiger partial charge in [-0.25, -0.2) is 4.98 Å². The molecule has 3 heterocycles. The van der Waals surface area contributed by atoms with Gasteiger partial charge in [-0.3, -0.25) is 4.90 Å². The van der Waals surface area contributed by atoms with Crippen LogP contribution in [0.3, 0.4) is 0 Å². The van der Waals surface area contributed by atoms with E-state index in [1.54, 1.807) is 18.2 Å². The molecule has 1 unspecified atom stereocenters.